The highest BCUT2D eigenvalue weighted by Crippen LogP contribution is 2.31. The lowest BCUT2D eigenvalue weighted by molar-refractivity contribution is -0.151. The van der Waals surface area contributed by atoms with Crippen molar-refractivity contribution in [3.05, 3.63) is 95.1 Å². The zero-order chi connectivity index (χ0) is 29.2. The van der Waals surface area contributed by atoms with E-state index in [-0.39, 0.29) is 18.1 Å². The van der Waals surface area contributed by atoms with Crippen LogP contribution in [0.2, 0.25) is 0 Å². The number of halogens is 1. The molecule has 1 amide bonds. The number of anilines is 1. The number of rotatable bonds is 12. The van der Waals surface area contributed by atoms with E-state index in [1.165, 1.54) is 12.1 Å². The molecule has 1 aliphatic rings. The molecule has 41 heavy (non-hydrogen) atoms. The number of hydrogen-bond donors (Lipinski definition) is 2. The van der Waals surface area contributed by atoms with E-state index in [1.807, 2.05) is 60.7 Å². The molecule has 3 aromatic rings. The van der Waals surface area contributed by atoms with Gasteiger partial charge in [0, 0.05) is 51.4 Å². The number of carbonyl (C=O) groups is 2. The first kappa shape index (κ1) is 30.1. The van der Waals surface area contributed by atoms with Gasteiger partial charge in [0.1, 0.15) is 5.82 Å². The Labute approximate surface area is 241 Å². The van der Waals surface area contributed by atoms with Gasteiger partial charge in [-0.05, 0) is 66.4 Å². The summed E-state index contributed by atoms with van der Waals surface area (Å²) in [5, 5.41) is 12.5. The molecule has 2 N–H and O–H groups in total. The van der Waals surface area contributed by atoms with Crippen molar-refractivity contribution in [3.8, 4) is 0 Å². The van der Waals surface area contributed by atoms with E-state index < -0.39 is 11.4 Å². The summed E-state index contributed by atoms with van der Waals surface area (Å²) in [6.07, 6.45) is 4.64. The van der Waals surface area contributed by atoms with Crippen molar-refractivity contribution in [1.82, 2.24) is 14.8 Å². The van der Waals surface area contributed by atoms with E-state index in [1.54, 1.807) is 19.9 Å². The van der Waals surface area contributed by atoms with Crippen molar-refractivity contribution in [1.29, 1.82) is 0 Å². The van der Waals surface area contributed by atoms with Crippen LogP contribution in [-0.4, -0.2) is 57.9 Å². The second-order valence-corrected chi connectivity index (χ2v) is 10.7. The maximum absolute atomic E-state index is 13.2. The number of carboxylic acids is 1. The summed E-state index contributed by atoms with van der Waals surface area (Å²) in [6, 6.07) is 20.2. The number of nitrogens with zero attached hydrogens (tertiary/aromatic N) is 3. The lowest BCUT2D eigenvalue weighted by Gasteiger charge is -2.34. The van der Waals surface area contributed by atoms with Crippen LogP contribution in [0.3, 0.4) is 0 Å². The predicted molar refractivity (Wildman–Crippen MR) is 160 cm³/mol. The molecule has 216 valence electrons. The maximum atomic E-state index is 13.2. The van der Waals surface area contributed by atoms with E-state index in [4.69, 9.17) is 4.98 Å². The highest BCUT2D eigenvalue weighted by atomic mass is 19.1. The molecule has 8 heteroatoms. The fourth-order valence-corrected chi connectivity index (χ4v) is 5.15. The number of aliphatic carboxylic acids is 1. The highest BCUT2D eigenvalue weighted by Gasteiger charge is 2.37. The highest BCUT2D eigenvalue weighted by molar-refractivity contribution is 5.94. The summed E-state index contributed by atoms with van der Waals surface area (Å²) in [4.78, 5) is 34.0. The standard InChI is InChI=1S/C33H39FN4O3/c1-3-33(4-2,32(40)41)22-31(39)36-29-9-5-7-25(21-29)13-16-28-8-6-10-30(35-28)24-38-19-17-37(18-20-38)23-26-11-14-27(34)15-12-26/h5-16,21H,3-4,17-20,22-24H2,1-2H3,(H,36,39)(H,40,41). The van der Waals surface area contributed by atoms with E-state index in [9.17, 15) is 19.1 Å². The van der Waals surface area contributed by atoms with Crippen LogP contribution in [0.15, 0.2) is 66.7 Å². The first-order valence-corrected chi connectivity index (χ1v) is 14.2. The number of aromatic nitrogens is 1. The van der Waals surface area contributed by atoms with Gasteiger partial charge < -0.3 is 10.4 Å². The Kier molecular flexibility index (Phi) is 10.4. The Hall–Kier alpha value is -3.88. The van der Waals surface area contributed by atoms with E-state index >= 15 is 0 Å². The molecule has 0 unspecified atom stereocenters. The third-order valence-electron chi connectivity index (χ3n) is 7.92. The largest absolute Gasteiger partial charge is 0.481 e. The van der Waals surface area contributed by atoms with Gasteiger partial charge in [-0.15, -0.1) is 0 Å². The summed E-state index contributed by atoms with van der Waals surface area (Å²) in [6.45, 7) is 9.03. The third-order valence-corrected chi connectivity index (χ3v) is 7.92. The SMILES string of the molecule is CCC(CC)(CC(=O)Nc1cccc(C=Cc2cccc(CN3CCN(Cc4ccc(F)cc4)CC3)n2)c1)C(=O)O. The number of carboxylic acid groups (broad SMARTS) is 1. The van der Waals surface area contributed by atoms with Crippen LogP contribution >= 0.6 is 0 Å². The molecule has 0 atom stereocenters. The molecule has 2 aromatic carbocycles. The van der Waals surface area contributed by atoms with Crippen molar-refractivity contribution >= 4 is 29.7 Å². The van der Waals surface area contributed by atoms with Gasteiger partial charge in [0.05, 0.1) is 16.8 Å². The van der Waals surface area contributed by atoms with Crippen LogP contribution in [0, 0.1) is 11.2 Å². The average molecular weight is 559 g/mol. The molecular weight excluding hydrogens is 519 g/mol. The van der Waals surface area contributed by atoms with Crippen molar-refractivity contribution in [3.63, 3.8) is 0 Å². The van der Waals surface area contributed by atoms with Crippen LogP contribution in [-0.2, 0) is 22.7 Å². The van der Waals surface area contributed by atoms with Crippen LogP contribution in [0.4, 0.5) is 10.1 Å². The molecule has 0 spiro atoms. The molecule has 0 radical (unpaired) electrons. The van der Waals surface area contributed by atoms with E-state index in [0.29, 0.717) is 18.5 Å². The van der Waals surface area contributed by atoms with Gasteiger partial charge in [0.15, 0.2) is 0 Å². The lowest BCUT2D eigenvalue weighted by Crippen LogP contribution is -2.45. The summed E-state index contributed by atoms with van der Waals surface area (Å²) < 4.78 is 13.2. The molecule has 0 bridgehead atoms. The Balaban J connectivity index is 1.30. The summed E-state index contributed by atoms with van der Waals surface area (Å²) >= 11 is 0. The average Bonchev–Trinajstić information content (AvgIpc) is 2.97. The topological polar surface area (TPSA) is 85.8 Å². The van der Waals surface area contributed by atoms with Gasteiger partial charge in [-0.1, -0.05) is 50.3 Å². The molecule has 0 saturated carbocycles. The second kappa shape index (κ2) is 14.1. The third kappa shape index (κ3) is 8.55. The molecule has 7 nitrogen and oxygen atoms in total. The molecule has 2 heterocycles. The summed E-state index contributed by atoms with van der Waals surface area (Å²) in [5.41, 5.74) is 3.47. The first-order chi connectivity index (χ1) is 19.8. The molecular formula is C33H39FN4O3. The molecule has 1 aliphatic heterocycles. The fraction of sp³-hybridized carbons (Fsp3) is 0.364. The first-order valence-electron chi connectivity index (χ1n) is 14.2. The molecule has 1 aromatic heterocycles. The minimum absolute atomic E-state index is 0.0601. The van der Waals surface area contributed by atoms with Gasteiger partial charge >= 0.3 is 5.97 Å². The van der Waals surface area contributed by atoms with Crippen LogP contribution < -0.4 is 5.32 Å². The van der Waals surface area contributed by atoms with Gasteiger partial charge in [-0.25, -0.2) is 4.39 Å². The number of piperazine rings is 1. The Morgan fingerprint density at radius 3 is 2.24 bits per heavy atom. The Morgan fingerprint density at radius 1 is 0.927 bits per heavy atom. The van der Waals surface area contributed by atoms with Crippen molar-refractivity contribution in [2.45, 2.75) is 46.2 Å². The molecule has 0 aliphatic carbocycles. The smallest absolute Gasteiger partial charge is 0.310 e. The van der Waals surface area contributed by atoms with Gasteiger partial charge in [0.2, 0.25) is 5.91 Å². The molecule has 4 rings (SSSR count). The van der Waals surface area contributed by atoms with Crippen LogP contribution in [0.1, 0.15) is 55.6 Å². The number of pyridine rings is 1. The van der Waals surface area contributed by atoms with Gasteiger partial charge in [-0.3, -0.25) is 24.4 Å². The Morgan fingerprint density at radius 2 is 1.59 bits per heavy atom. The number of nitrogens with one attached hydrogen (secondary N) is 1. The number of hydrogen-bond acceptors (Lipinski definition) is 5. The van der Waals surface area contributed by atoms with Crippen LogP contribution in [0.25, 0.3) is 12.2 Å². The van der Waals surface area contributed by atoms with Gasteiger partial charge in [-0.2, -0.15) is 0 Å². The summed E-state index contributed by atoms with van der Waals surface area (Å²) in [7, 11) is 0. The van der Waals surface area contributed by atoms with E-state index in [2.05, 4.69) is 15.1 Å². The number of carbonyl (C=O) groups excluding carboxylic acids is 1. The fourth-order valence-electron chi connectivity index (χ4n) is 5.15. The number of benzene rings is 2. The van der Waals surface area contributed by atoms with Crippen molar-refractivity contribution in [2.24, 2.45) is 5.41 Å². The van der Waals surface area contributed by atoms with Crippen molar-refractivity contribution in [2.75, 3.05) is 31.5 Å². The molecule has 1 saturated heterocycles. The zero-order valence-corrected chi connectivity index (χ0v) is 23.9. The number of amides is 1. The Bertz CT molecular complexity index is 1350. The molecule has 1 fully saturated rings. The normalized spacial score (nSPS) is 14.8. The summed E-state index contributed by atoms with van der Waals surface area (Å²) in [5.74, 6) is -1.44. The minimum Gasteiger partial charge on any atom is -0.481 e. The van der Waals surface area contributed by atoms with Crippen LogP contribution in [0.5, 0.6) is 0 Å². The van der Waals surface area contributed by atoms with E-state index in [0.717, 1.165) is 61.8 Å². The monoisotopic (exact) mass is 558 g/mol. The maximum Gasteiger partial charge on any atom is 0.310 e. The predicted octanol–water partition coefficient (Wildman–Crippen LogP) is 5.93. The second-order valence-electron chi connectivity index (χ2n) is 10.7. The minimum atomic E-state index is -1.05. The van der Waals surface area contributed by atoms with Crippen molar-refractivity contribution < 1.29 is 19.1 Å². The van der Waals surface area contributed by atoms with Gasteiger partial charge in [0.25, 0.3) is 0 Å². The zero-order valence-electron chi connectivity index (χ0n) is 23.9. The quantitative estimate of drug-likeness (QED) is 0.287. The lowest BCUT2D eigenvalue weighted by atomic mass is 9.79.